The lowest BCUT2D eigenvalue weighted by atomic mass is 9.74. The highest BCUT2D eigenvalue weighted by molar-refractivity contribution is 6.08. The minimum absolute atomic E-state index is 0.0243. The lowest BCUT2D eigenvalue weighted by molar-refractivity contribution is 0.0689. The third kappa shape index (κ3) is 8.52. The summed E-state index contributed by atoms with van der Waals surface area (Å²) in [4.78, 5) is 12.0. The van der Waals surface area contributed by atoms with Crippen LogP contribution < -0.4 is 0 Å². The predicted molar refractivity (Wildman–Crippen MR) is 283 cm³/mol. The molecule has 4 heteroatoms. The molecule has 10 rings (SSSR count). The molecule has 69 heavy (non-hydrogen) atoms. The molecule has 8 aromatic carbocycles. The van der Waals surface area contributed by atoms with Crippen molar-refractivity contribution in [1.82, 2.24) is 0 Å². The third-order valence-electron chi connectivity index (χ3n) is 14.3. The summed E-state index contributed by atoms with van der Waals surface area (Å²) in [6.45, 7) is 13.6. The standard InChI is InChI=1S/C65H62N2O2/c1-61(2,3)51-41-37-47(38-42-51)45-63(46-48-39-43-52(44-40-48)62(4,5)6,59-66-57(49-25-13-7-14-26-49)64(68-59,53-29-17-9-18-30-53)54-31-19-10-20-32-54)60-67-58(50-27-15-8-16-28-50)65(69-60,55-33-21-11-22-34-55)56-35-23-12-24-36-56/h7-44,57-58H,45-46H2,1-6H3/t57-,58-/m1/s1. The highest BCUT2D eigenvalue weighted by Crippen LogP contribution is 2.57. The molecule has 0 unspecified atom stereocenters. The van der Waals surface area contributed by atoms with Crippen LogP contribution in [0, 0.1) is 5.41 Å². The molecule has 344 valence electrons. The van der Waals surface area contributed by atoms with Crippen molar-refractivity contribution in [1.29, 1.82) is 0 Å². The molecule has 4 nitrogen and oxygen atoms in total. The fourth-order valence-electron chi connectivity index (χ4n) is 10.6. The van der Waals surface area contributed by atoms with Crippen LogP contribution in [-0.4, -0.2) is 11.8 Å². The molecule has 2 atom stereocenters. The first-order chi connectivity index (χ1) is 33.4. The van der Waals surface area contributed by atoms with Gasteiger partial charge in [0, 0.05) is 22.3 Å². The fourth-order valence-corrected chi connectivity index (χ4v) is 10.6. The molecule has 0 saturated carbocycles. The Kier molecular flexibility index (Phi) is 12.1. The van der Waals surface area contributed by atoms with Crippen molar-refractivity contribution in [3.63, 3.8) is 0 Å². The van der Waals surface area contributed by atoms with Gasteiger partial charge in [-0.25, -0.2) is 9.98 Å². The summed E-state index contributed by atoms with van der Waals surface area (Å²) < 4.78 is 16.2. The van der Waals surface area contributed by atoms with Crippen LogP contribution in [0.5, 0.6) is 0 Å². The summed E-state index contributed by atoms with van der Waals surface area (Å²) in [6, 6.07) is 81.2. The predicted octanol–water partition coefficient (Wildman–Crippen LogP) is 15.3. The molecule has 0 spiro atoms. The first-order valence-corrected chi connectivity index (χ1v) is 24.5. The fraction of sp³-hybridized carbons (Fsp3) is 0.231. The van der Waals surface area contributed by atoms with E-state index in [0.717, 1.165) is 44.5 Å². The molecule has 2 heterocycles. The van der Waals surface area contributed by atoms with Gasteiger partial charge in [-0.1, -0.05) is 272 Å². The zero-order chi connectivity index (χ0) is 47.7. The van der Waals surface area contributed by atoms with Gasteiger partial charge < -0.3 is 9.47 Å². The van der Waals surface area contributed by atoms with Gasteiger partial charge in [-0.2, -0.15) is 0 Å². The molecule has 0 N–H and O–H groups in total. The number of ether oxygens (including phenoxy) is 2. The highest BCUT2D eigenvalue weighted by Gasteiger charge is 2.61. The molecule has 0 radical (unpaired) electrons. The van der Waals surface area contributed by atoms with Crippen LogP contribution in [0.2, 0.25) is 0 Å². The monoisotopic (exact) mass is 902 g/mol. The lowest BCUT2D eigenvalue weighted by Crippen LogP contribution is -2.48. The summed E-state index contributed by atoms with van der Waals surface area (Å²) in [7, 11) is 0. The Morgan fingerprint density at radius 2 is 0.609 bits per heavy atom. The Morgan fingerprint density at radius 1 is 0.348 bits per heavy atom. The number of benzene rings is 8. The Labute approximate surface area is 409 Å². The van der Waals surface area contributed by atoms with E-state index in [9.17, 15) is 0 Å². The van der Waals surface area contributed by atoms with Crippen molar-refractivity contribution < 1.29 is 9.47 Å². The minimum atomic E-state index is -1.08. The zero-order valence-electron chi connectivity index (χ0n) is 40.7. The second-order valence-electron chi connectivity index (χ2n) is 21.0. The molecule has 2 aliphatic heterocycles. The molecular weight excluding hydrogens is 841 g/mol. The number of nitrogens with zero attached hydrogens (tertiary/aromatic N) is 2. The molecule has 0 aliphatic carbocycles. The molecule has 0 amide bonds. The van der Waals surface area contributed by atoms with E-state index >= 15 is 0 Å². The van der Waals surface area contributed by atoms with Crippen molar-refractivity contribution in [2.75, 3.05) is 0 Å². The van der Waals surface area contributed by atoms with E-state index in [1.54, 1.807) is 0 Å². The molecule has 8 aromatic rings. The Morgan fingerprint density at radius 3 is 0.870 bits per heavy atom. The van der Waals surface area contributed by atoms with E-state index in [0.29, 0.717) is 24.6 Å². The van der Waals surface area contributed by atoms with E-state index in [-0.39, 0.29) is 10.8 Å². The second-order valence-corrected chi connectivity index (χ2v) is 21.0. The number of aliphatic imine (C=N–C) groups is 2. The van der Waals surface area contributed by atoms with Gasteiger partial charge in [0.05, 0.1) is 0 Å². The van der Waals surface area contributed by atoms with Crippen molar-refractivity contribution in [3.05, 3.63) is 286 Å². The van der Waals surface area contributed by atoms with E-state index in [1.807, 2.05) is 0 Å². The zero-order valence-corrected chi connectivity index (χ0v) is 40.7. The maximum Gasteiger partial charge on any atom is 0.202 e. The van der Waals surface area contributed by atoms with Crippen LogP contribution in [0.25, 0.3) is 0 Å². The van der Waals surface area contributed by atoms with E-state index in [2.05, 4.69) is 272 Å². The molecule has 0 fully saturated rings. The van der Waals surface area contributed by atoms with E-state index in [1.165, 1.54) is 11.1 Å². The smallest absolute Gasteiger partial charge is 0.202 e. The lowest BCUT2D eigenvalue weighted by Gasteiger charge is -2.40. The van der Waals surface area contributed by atoms with E-state index in [4.69, 9.17) is 19.5 Å². The summed E-state index contributed by atoms with van der Waals surface area (Å²) in [6.07, 6.45) is 0.997. The Balaban J connectivity index is 1.29. The first-order valence-electron chi connectivity index (χ1n) is 24.5. The van der Waals surface area contributed by atoms with E-state index < -0.39 is 28.7 Å². The van der Waals surface area contributed by atoms with Gasteiger partial charge in [0.2, 0.25) is 11.8 Å². The van der Waals surface area contributed by atoms with Crippen molar-refractivity contribution >= 4 is 11.8 Å². The second kappa shape index (κ2) is 18.3. The third-order valence-corrected chi connectivity index (χ3v) is 14.3. The van der Waals surface area contributed by atoms with Crippen molar-refractivity contribution in [2.24, 2.45) is 15.4 Å². The average molecular weight is 903 g/mol. The number of hydrogen-bond donors (Lipinski definition) is 0. The van der Waals surface area contributed by atoms with Gasteiger partial charge in [0.1, 0.15) is 17.5 Å². The topological polar surface area (TPSA) is 43.2 Å². The van der Waals surface area contributed by atoms with Crippen LogP contribution in [-0.2, 0) is 44.3 Å². The quantitative estimate of drug-likeness (QED) is 0.123. The molecule has 2 aliphatic rings. The van der Waals surface area contributed by atoms with Crippen molar-refractivity contribution in [2.45, 2.75) is 88.5 Å². The minimum Gasteiger partial charge on any atom is -0.461 e. The van der Waals surface area contributed by atoms with Gasteiger partial charge in [0.25, 0.3) is 0 Å². The van der Waals surface area contributed by atoms with Crippen LogP contribution in [0.1, 0.15) is 109 Å². The van der Waals surface area contributed by atoms with Crippen LogP contribution in [0.4, 0.5) is 0 Å². The SMILES string of the molecule is CC(C)(C)c1ccc(CC(Cc2ccc(C(C)(C)C)cc2)(C2=N[C@H](c3ccccc3)C(c3ccccc3)(c3ccccc3)O2)C2=N[C@H](c3ccccc3)C(c3ccccc3)(c3ccccc3)O2)cc1. The Hall–Kier alpha value is -7.30. The summed E-state index contributed by atoms with van der Waals surface area (Å²) >= 11 is 0. The maximum absolute atomic E-state index is 8.08. The highest BCUT2D eigenvalue weighted by atomic mass is 16.5. The molecule has 0 saturated heterocycles. The van der Waals surface area contributed by atoms with Crippen LogP contribution in [0.15, 0.2) is 241 Å². The van der Waals surface area contributed by atoms with Gasteiger partial charge in [-0.3, -0.25) is 0 Å². The van der Waals surface area contributed by atoms with Gasteiger partial charge in [-0.05, 0) is 57.1 Å². The average Bonchev–Trinajstić information content (AvgIpc) is 4.01. The molecule has 0 aromatic heterocycles. The largest absolute Gasteiger partial charge is 0.461 e. The maximum atomic E-state index is 8.08. The Bertz CT molecular complexity index is 2740. The number of hydrogen-bond acceptors (Lipinski definition) is 4. The number of rotatable bonds is 12. The van der Waals surface area contributed by atoms with Crippen LogP contribution in [0.3, 0.4) is 0 Å². The van der Waals surface area contributed by atoms with Gasteiger partial charge >= 0.3 is 0 Å². The summed E-state index contributed by atoms with van der Waals surface area (Å²) in [5.74, 6) is 1.18. The normalized spacial score (nSPS) is 17.6. The summed E-state index contributed by atoms with van der Waals surface area (Å²) in [5.41, 5.74) is 7.74. The molecular formula is C65H62N2O2. The van der Waals surface area contributed by atoms with Gasteiger partial charge in [-0.15, -0.1) is 0 Å². The van der Waals surface area contributed by atoms with Crippen LogP contribution >= 0.6 is 0 Å². The van der Waals surface area contributed by atoms with Gasteiger partial charge in [0.15, 0.2) is 11.2 Å². The summed E-state index contributed by atoms with van der Waals surface area (Å²) in [5, 5.41) is 0. The molecule has 0 bridgehead atoms. The van der Waals surface area contributed by atoms with Crippen molar-refractivity contribution in [3.8, 4) is 0 Å². The first kappa shape index (κ1) is 45.5.